The normalized spacial score (nSPS) is 10.4. The number of ether oxygens (including phenoxy) is 1. The predicted octanol–water partition coefficient (Wildman–Crippen LogP) is 6.85. The highest BCUT2D eigenvalue weighted by molar-refractivity contribution is 9.10. The molecule has 0 saturated heterocycles. The van der Waals surface area contributed by atoms with Crippen LogP contribution in [0.5, 0.6) is 5.75 Å². The van der Waals surface area contributed by atoms with Crippen molar-refractivity contribution in [2.45, 2.75) is 6.61 Å². The first-order valence-electron chi connectivity index (χ1n) is 7.82. The van der Waals surface area contributed by atoms with Crippen LogP contribution >= 0.6 is 51.3 Å². The van der Waals surface area contributed by atoms with E-state index in [9.17, 15) is 0 Å². The Bertz CT molecular complexity index is 1070. The van der Waals surface area contributed by atoms with E-state index in [1.807, 2.05) is 53.9 Å². The van der Waals surface area contributed by atoms with Crippen molar-refractivity contribution < 1.29 is 4.74 Å². The maximum atomic E-state index is 6.39. The summed E-state index contributed by atoms with van der Waals surface area (Å²) in [5.74, 6) is 1.40. The Hall–Kier alpha value is -1.86. The van der Waals surface area contributed by atoms with Crippen molar-refractivity contribution in [3.8, 4) is 5.75 Å². The van der Waals surface area contributed by atoms with E-state index < -0.39 is 0 Å². The Balaban J connectivity index is 0.00000210. The number of thiophene rings is 1. The zero-order chi connectivity index (χ0) is 17.9. The van der Waals surface area contributed by atoms with Crippen LogP contribution in [0.3, 0.4) is 0 Å². The summed E-state index contributed by atoms with van der Waals surface area (Å²) in [5.41, 5.74) is 2.83. The van der Waals surface area contributed by atoms with Gasteiger partial charge in [-0.1, -0.05) is 45.7 Å². The van der Waals surface area contributed by atoms with Gasteiger partial charge in [0.1, 0.15) is 18.7 Å². The SMILES string of the molecule is Cl.Clc1cc(Nc2ncnc3ccsc23)ccc1OCc1ccccc1Br. The van der Waals surface area contributed by atoms with Crippen LogP contribution in [0.25, 0.3) is 10.2 Å². The maximum absolute atomic E-state index is 6.39. The van der Waals surface area contributed by atoms with E-state index in [2.05, 4.69) is 31.2 Å². The fourth-order valence-corrected chi connectivity index (χ4v) is 3.91. The van der Waals surface area contributed by atoms with Gasteiger partial charge < -0.3 is 10.1 Å². The smallest absolute Gasteiger partial charge is 0.151 e. The molecular formula is C19H14BrCl2N3OS. The fraction of sp³-hybridized carbons (Fsp3) is 0.0526. The molecule has 0 radical (unpaired) electrons. The van der Waals surface area contributed by atoms with Crippen LogP contribution in [0.4, 0.5) is 11.5 Å². The van der Waals surface area contributed by atoms with Crippen LogP contribution in [-0.4, -0.2) is 9.97 Å². The maximum Gasteiger partial charge on any atom is 0.151 e. The van der Waals surface area contributed by atoms with E-state index in [0.717, 1.165) is 31.8 Å². The third-order valence-electron chi connectivity index (χ3n) is 3.78. The molecule has 2 heterocycles. The molecule has 0 aliphatic carbocycles. The monoisotopic (exact) mass is 481 g/mol. The molecule has 2 aromatic heterocycles. The van der Waals surface area contributed by atoms with Crippen molar-refractivity contribution in [2.24, 2.45) is 0 Å². The first kappa shape index (κ1) is 19.9. The van der Waals surface area contributed by atoms with Crippen LogP contribution in [0.2, 0.25) is 5.02 Å². The number of aromatic nitrogens is 2. The van der Waals surface area contributed by atoms with Gasteiger partial charge >= 0.3 is 0 Å². The Morgan fingerprint density at radius 3 is 2.78 bits per heavy atom. The second-order valence-corrected chi connectivity index (χ2v) is 7.69. The van der Waals surface area contributed by atoms with Crippen molar-refractivity contribution in [2.75, 3.05) is 5.32 Å². The number of halogens is 3. The number of rotatable bonds is 5. The quantitative estimate of drug-likeness (QED) is 0.337. The van der Waals surface area contributed by atoms with E-state index in [-0.39, 0.29) is 12.4 Å². The zero-order valence-electron chi connectivity index (χ0n) is 13.9. The molecule has 0 atom stereocenters. The molecule has 138 valence electrons. The summed E-state index contributed by atoms with van der Waals surface area (Å²) >= 11 is 11.5. The van der Waals surface area contributed by atoms with Gasteiger partial charge in [-0.15, -0.1) is 23.7 Å². The van der Waals surface area contributed by atoms with Crippen LogP contribution < -0.4 is 10.1 Å². The number of benzene rings is 2. The van der Waals surface area contributed by atoms with Gasteiger partial charge in [-0.05, 0) is 35.7 Å². The van der Waals surface area contributed by atoms with E-state index in [1.165, 1.54) is 0 Å². The molecule has 4 rings (SSSR count). The van der Waals surface area contributed by atoms with Gasteiger partial charge in [0.05, 0.1) is 15.2 Å². The first-order chi connectivity index (χ1) is 12.7. The summed E-state index contributed by atoms with van der Waals surface area (Å²) in [7, 11) is 0. The largest absolute Gasteiger partial charge is 0.487 e. The standard InChI is InChI=1S/C19H13BrClN3OS.ClH/c20-14-4-2-1-3-12(14)10-25-17-6-5-13(9-15(17)21)24-19-18-16(7-8-26-18)22-11-23-19;/h1-9,11H,10H2,(H,22,23,24);1H. The summed E-state index contributed by atoms with van der Waals surface area (Å²) in [6.07, 6.45) is 1.55. The van der Waals surface area contributed by atoms with Crippen molar-refractivity contribution in [3.63, 3.8) is 0 Å². The van der Waals surface area contributed by atoms with Gasteiger partial charge in [-0.3, -0.25) is 0 Å². The summed E-state index contributed by atoms with van der Waals surface area (Å²) in [4.78, 5) is 8.57. The van der Waals surface area contributed by atoms with E-state index in [0.29, 0.717) is 17.4 Å². The molecule has 0 amide bonds. The fourth-order valence-electron chi connectivity index (χ4n) is 2.48. The van der Waals surface area contributed by atoms with Crippen LogP contribution in [-0.2, 0) is 6.61 Å². The average molecular weight is 483 g/mol. The predicted molar refractivity (Wildman–Crippen MR) is 118 cm³/mol. The minimum atomic E-state index is 0. The molecule has 2 aromatic carbocycles. The van der Waals surface area contributed by atoms with Crippen LogP contribution in [0.15, 0.2) is 64.7 Å². The molecule has 0 aliphatic heterocycles. The molecule has 4 aromatic rings. The lowest BCUT2D eigenvalue weighted by molar-refractivity contribution is 0.305. The third kappa shape index (κ3) is 4.52. The molecule has 0 fully saturated rings. The second kappa shape index (κ2) is 8.89. The van der Waals surface area contributed by atoms with Crippen molar-refractivity contribution in [3.05, 3.63) is 75.3 Å². The number of hydrogen-bond acceptors (Lipinski definition) is 5. The number of anilines is 2. The number of nitrogens with one attached hydrogen (secondary N) is 1. The first-order valence-corrected chi connectivity index (χ1v) is 9.87. The lowest BCUT2D eigenvalue weighted by atomic mass is 10.2. The lowest BCUT2D eigenvalue weighted by Crippen LogP contribution is -1.98. The van der Waals surface area contributed by atoms with Crippen molar-refractivity contribution >= 4 is 73.0 Å². The number of nitrogens with zero attached hydrogens (tertiary/aromatic N) is 2. The third-order valence-corrected chi connectivity index (χ3v) is 5.76. The van der Waals surface area contributed by atoms with Crippen LogP contribution in [0, 0.1) is 0 Å². The Morgan fingerprint density at radius 2 is 1.96 bits per heavy atom. The summed E-state index contributed by atoms with van der Waals surface area (Å²) in [6.45, 7) is 0.440. The average Bonchev–Trinajstić information content (AvgIpc) is 3.12. The molecule has 0 bridgehead atoms. The van der Waals surface area contributed by atoms with Gasteiger partial charge in [0.15, 0.2) is 5.82 Å². The molecule has 27 heavy (non-hydrogen) atoms. The molecule has 0 spiro atoms. The minimum Gasteiger partial charge on any atom is -0.487 e. The summed E-state index contributed by atoms with van der Waals surface area (Å²) < 4.78 is 7.88. The van der Waals surface area contributed by atoms with Gasteiger partial charge in [0.2, 0.25) is 0 Å². The highest BCUT2D eigenvalue weighted by Crippen LogP contribution is 2.32. The van der Waals surface area contributed by atoms with E-state index >= 15 is 0 Å². The topological polar surface area (TPSA) is 47.0 Å². The van der Waals surface area contributed by atoms with E-state index in [1.54, 1.807) is 17.7 Å². The molecule has 0 unspecified atom stereocenters. The molecule has 0 aliphatic rings. The molecule has 1 N–H and O–H groups in total. The number of hydrogen-bond donors (Lipinski definition) is 1. The molecule has 8 heteroatoms. The Morgan fingerprint density at radius 1 is 1.11 bits per heavy atom. The molecular weight excluding hydrogens is 469 g/mol. The van der Waals surface area contributed by atoms with Gasteiger partial charge in [-0.25, -0.2) is 9.97 Å². The van der Waals surface area contributed by atoms with Gasteiger partial charge in [0, 0.05) is 15.7 Å². The molecule has 4 nitrogen and oxygen atoms in total. The highest BCUT2D eigenvalue weighted by atomic mass is 79.9. The Kier molecular flexibility index (Phi) is 6.55. The zero-order valence-corrected chi connectivity index (χ0v) is 17.8. The van der Waals surface area contributed by atoms with Crippen LogP contribution in [0.1, 0.15) is 5.56 Å². The summed E-state index contributed by atoms with van der Waals surface area (Å²) in [6, 6.07) is 15.5. The van der Waals surface area contributed by atoms with Crippen molar-refractivity contribution in [1.82, 2.24) is 9.97 Å². The second-order valence-electron chi connectivity index (χ2n) is 5.51. The summed E-state index contributed by atoms with van der Waals surface area (Å²) in [5, 5.41) is 5.83. The Labute approximate surface area is 180 Å². The lowest BCUT2D eigenvalue weighted by Gasteiger charge is -2.12. The van der Waals surface area contributed by atoms with Gasteiger partial charge in [0.25, 0.3) is 0 Å². The minimum absolute atomic E-state index is 0. The van der Waals surface area contributed by atoms with Crippen molar-refractivity contribution in [1.29, 1.82) is 0 Å². The molecule has 0 saturated carbocycles. The highest BCUT2D eigenvalue weighted by Gasteiger charge is 2.08. The number of fused-ring (bicyclic) bond motifs is 1. The van der Waals surface area contributed by atoms with E-state index in [4.69, 9.17) is 16.3 Å². The van der Waals surface area contributed by atoms with Gasteiger partial charge in [-0.2, -0.15) is 0 Å².